The molecule has 0 unspecified atom stereocenters. The lowest BCUT2D eigenvalue weighted by Crippen LogP contribution is -2.22. The maximum atomic E-state index is 5.34. The summed E-state index contributed by atoms with van der Waals surface area (Å²) >= 11 is 3.16. The maximum Gasteiger partial charge on any atom is 0.256 e. The Morgan fingerprint density at radius 1 is 1.50 bits per heavy atom. The lowest BCUT2D eigenvalue weighted by Gasteiger charge is -2.16. The SMILES string of the molecule is CC1(c2ncc(Br)o2)OCCO1. The summed E-state index contributed by atoms with van der Waals surface area (Å²) in [6.07, 6.45) is 1.58. The first kappa shape index (κ1) is 8.22. The standard InChI is InChI=1S/C7H8BrNO3/c1-7(10-2-3-11-7)6-9-4-5(8)12-6/h4H,2-3H2,1H3. The van der Waals surface area contributed by atoms with Crippen LogP contribution in [-0.4, -0.2) is 18.2 Å². The number of halogens is 1. The van der Waals surface area contributed by atoms with Crippen molar-refractivity contribution in [3.8, 4) is 0 Å². The molecular weight excluding hydrogens is 226 g/mol. The summed E-state index contributed by atoms with van der Waals surface area (Å²) in [6, 6.07) is 0. The number of aromatic nitrogens is 1. The Labute approximate surface area is 78.0 Å². The zero-order valence-corrected chi connectivity index (χ0v) is 8.13. The van der Waals surface area contributed by atoms with Gasteiger partial charge in [-0.15, -0.1) is 0 Å². The van der Waals surface area contributed by atoms with E-state index in [4.69, 9.17) is 13.9 Å². The molecule has 66 valence electrons. The van der Waals surface area contributed by atoms with Crippen LogP contribution in [0.4, 0.5) is 0 Å². The maximum absolute atomic E-state index is 5.34. The van der Waals surface area contributed by atoms with Crippen LogP contribution < -0.4 is 0 Å². The van der Waals surface area contributed by atoms with Gasteiger partial charge in [0, 0.05) is 0 Å². The van der Waals surface area contributed by atoms with Crippen molar-refractivity contribution in [2.45, 2.75) is 12.7 Å². The molecule has 0 atom stereocenters. The van der Waals surface area contributed by atoms with Crippen LogP contribution in [0.1, 0.15) is 12.8 Å². The number of hydrogen-bond acceptors (Lipinski definition) is 4. The van der Waals surface area contributed by atoms with Crippen LogP contribution in [0, 0.1) is 0 Å². The lowest BCUT2D eigenvalue weighted by molar-refractivity contribution is -0.166. The summed E-state index contributed by atoms with van der Waals surface area (Å²) in [5, 5.41) is 0. The molecule has 2 rings (SSSR count). The Morgan fingerprint density at radius 3 is 2.67 bits per heavy atom. The van der Waals surface area contributed by atoms with Crippen molar-refractivity contribution in [1.29, 1.82) is 0 Å². The molecule has 0 amide bonds. The van der Waals surface area contributed by atoms with Gasteiger partial charge >= 0.3 is 0 Å². The predicted octanol–water partition coefficient (Wildman–Crippen LogP) is 1.66. The van der Waals surface area contributed by atoms with Gasteiger partial charge in [0.1, 0.15) is 0 Å². The molecule has 1 saturated heterocycles. The number of nitrogens with zero attached hydrogens (tertiary/aromatic N) is 1. The van der Waals surface area contributed by atoms with Crippen LogP contribution in [-0.2, 0) is 15.3 Å². The molecule has 0 aliphatic carbocycles. The summed E-state index contributed by atoms with van der Waals surface area (Å²) in [5.41, 5.74) is 0. The minimum absolute atomic E-state index is 0.451. The van der Waals surface area contributed by atoms with Gasteiger partial charge in [-0.3, -0.25) is 0 Å². The van der Waals surface area contributed by atoms with Gasteiger partial charge in [0.2, 0.25) is 5.79 Å². The third-order valence-electron chi connectivity index (χ3n) is 1.70. The summed E-state index contributed by atoms with van der Waals surface area (Å²) in [5.74, 6) is -0.349. The lowest BCUT2D eigenvalue weighted by atomic mass is 10.3. The highest BCUT2D eigenvalue weighted by Crippen LogP contribution is 2.31. The Balaban J connectivity index is 2.28. The third kappa shape index (κ3) is 1.28. The molecule has 0 aromatic carbocycles. The average Bonchev–Trinajstić information content (AvgIpc) is 2.59. The molecule has 1 aromatic heterocycles. The van der Waals surface area contributed by atoms with Gasteiger partial charge in [-0.25, -0.2) is 4.98 Å². The first-order valence-corrected chi connectivity index (χ1v) is 4.40. The first-order chi connectivity index (χ1) is 5.71. The second-order valence-corrected chi connectivity index (χ2v) is 3.39. The van der Waals surface area contributed by atoms with Crippen molar-refractivity contribution in [3.05, 3.63) is 16.8 Å². The average molecular weight is 234 g/mol. The topological polar surface area (TPSA) is 44.5 Å². The van der Waals surface area contributed by atoms with Crippen LogP contribution in [0.25, 0.3) is 0 Å². The summed E-state index contributed by atoms with van der Waals surface area (Å²) in [7, 11) is 0. The number of ether oxygens (including phenoxy) is 2. The van der Waals surface area contributed by atoms with Crippen LogP contribution in [0.15, 0.2) is 15.3 Å². The normalized spacial score (nSPS) is 21.5. The van der Waals surface area contributed by atoms with E-state index in [1.165, 1.54) is 0 Å². The number of hydrogen-bond donors (Lipinski definition) is 0. The smallest absolute Gasteiger partial charge is 0.256 e. The fourth-order valence-corrected chi connectivity index (χ4v) is 1.36. The van der Waals surface area contributed by atoms with E-state index < -0.39 is 5.79 Å². The van der Waals surface area contributed by atoms with Crippen molar-refractivity contribution in [3.63, 3.8) is 0 Å². The molecule has 0 spiro atoms. The van der Waals surface area contributed by atoms with Crippen LogP contribution in [0.2, 0.25) is 0 Å². The Hall–Kier alpha value is -0.390. The minimum Gasteiger partial charge on any atom is -0.428 e. The molecule has 0 N–H and O–H groups in total. The highest BCUT2D eigenvalue weighted by molar-refractivity contribution is 9.10. The van der Waals surface area contributed by atoms with E-state index in [9.17, 15) is 0 Å². The molecular formula is C7H8BrNO3. The third-order valence-corrected chi connectivity index (χ3v) is 2.07. The molecule has 0 bridgehead atoms. The zero-order valence-electron chi connectivity index (χ0n) is 6.54. The molecule has 0 saturated carbocycles. The predicted molar refractivity (Wildman–Crippen MR) is 43.5 cm³/mol. The summed E-state index contributed by atoms with van der Waals surface area (Å²) < 4.78 is 16.5. The van der Waals surface area contributed by atoms with E-state index in [1.807, 2.05) is 0 Å². The van der Waals surface area contributed by atoms with Crippen LogP contribution in [0.3, 0.4) is 0 Å². The van der Waals surface area contributed by atoms with Crippen molar-refractivity contribution in [2.75, 3.05) is 13.2 Å². The monoisotopic (exact) mass is 233 g/mol. The van der Waals surface area contributed by atoms with Crippen LogP contribution in [0.5, 0.6) is 0 Å². The van der Waals surface area contributed by atoms with Gasteiger partial charge in [0.05, 0.1) is 19.4 Å². The van der Waals surface area contributed by atoms with Gasteiger partial charge in [-0.1, -0.05) is 0 Å². The highest BCUT2D eigenvalue weighted by Gasteiger charge is 2.38. The Kier molecular flexibility index (Phi) is 1.94. The van der Waals surface area contributed by atoms with Crippen molar-refractivity contribution < 1.29 is 13.9 Å². The zero-order chi connectivity index (χ0) is 8.60. The van der Waals surface area contributed by atoms with E-state index in [-0.39, 0.29) is 0 Å². The summed E-state index contributed by atoms with van der Waals surface area (Å²) in [4.78, 5) is 4.01. The van der Waals surface area contributed by atoms with Crippen LogP contribution >= 0.6 is 15.9 Å². The van der Waals surface area contributed by atoms with E-state index in [0.717, 1.165) is 0 Å². The highest BCUT2D eigenvalue weighted by atomic mass is 79.9. The molecule has 1 fully saturated rings. The van der Waals surface area contributed by atoms with Gasteiger partial charge in [-0.2, -0.15) is 0 Å². The van der Waals surface area contributed by atoms with Gasteiger partial charge in [-0.05, 0) is 22.9 Å². The van der Waals surface area contributed by atoms with Gasteiger partial charge in [0.25, 0.3) is 5.89 Å². The van der Waals surface area contributed by atoms with Crippen molar-refractivity contribution in [1.82, 2.24) is 4.98 Å². The van der Waals surface area contributed by atoms with E-state index >= 15 is 0 Å². The number of oxazole rings is 1. The van der Waals surface area contributed by atoms with E-state index in [2.05, 4.69) is 20.9 Å². The van der Waals surface area contributed by atoms with E-state index in [1.54, 1.807) is 13.1 Å². The second-order valence-electron chi connectivity index (χ2n) is 2.61. The molecule has 0 radical (unpaired) electrons. The molecule has 1 aromatic rings. The second kappa shape index (κ2) is 2.83. The fourth-order valence-electron chi connectivity index (χ4n) is 1.10. The Morgan fingerprint density at radius 2 is 2.17 bits per heavy atom. The quantitative estimate of drug-likeness (QED) is 0.741. The van der Waals surface area contributed by atoms with Crippen molar-refractivity contribution in [2.24, 2.45) is 0 Å². The largest absolute Gasteiger partial charge is 0.428 e. The molecule has 4 nitrogen and oxygen atoms in total. The fraction of sp³-hybridized carbons (Fsp3) is 0.571. The van der Waals surface area contributed by atoms with Crippen molar-refractivity contribution >= 4 is 15.9 Å². The molecule has 1 aliphatic heterocycles. The summed E-state index contributed by atoms with van der Waals surface area (Å²) in [6.45, 7) is 2.95. The molecule has 5 heteroatoms. The first-order valence-electron chi connectivity index (χ1n) is 3.60. The molecule has 12 heavy (non-hydrogen) atoms. The van der Waals surface area contributed by atoms with Gasteiger partial charge in [0.15, 0.2) is 4.67 Å². The van der Waals surface area contributed by atoms with Gasteiger partial charge < -0.3 is 13.9 Å². The number of rotatable bonds is 1. The van der Waals surface area contributed by atoms with E-state index in [0.29, 0.717) is 23.8 Å². The molecule has 1 aliphatic rings. The minimum atomic E-state index is -0.800. The molecule has 2 heterocycles. The Bertz CT molecular complexity index is 280.